The summed E-state index contributed by atoms with van der Waals surface area (Å²) in [6.45, 7) is 8.90. The fourth-order valence-electron chi connectivity index (χ4n) is 3.86. The monoisotopic (exact) mass is 357 g/mol. The van der Waals surface area contributed by atoms with Gasteiger partial charge in [0.05, 0.1) is 25.1 Å². The summed E-state index contributed by atoms with van der Waals surface area (Å²) in [5.41, 5.74) is 3.28. The predicted octanol–water partition coefficient (Wildman–Crippen LogP) is 0.665. The van der Waals surface area contributed by atoms with Crippen molar-refractivity contribution in [3.63, 3.8) is 0 Å². The Morgan fingerprint density at radius 1 is 1.27 bits per heavy atom. The summed E-state index contributed by atoms with van der Waals surface area (Å²) in [7, 11) is 0. The van der Waals surface area contributed by atoms with Crippen molar-refractivity contribution in [2.45, 2.75) is 25.9 Å². The first-order chi connectivity index (χ1) is 12.7. The SMILES string of the molecule is Cc1cccc2ncc(CNC3CC(=O)N(CCN4CCOCC4)C3)n12. The molecule has 0 bridgehead atoms. The normalized spacial score (nSPS) is 21.8. The Morgan fingerprint density at radius 3 is 2.96 bits per heavy atom. The van der Waals surface area contributed by atoms with E-state index in [0.717, 1.165) is 63.8 Å². The molecule has 2 aliphatic rings. The Labute approximate surface area is 153 Å². The molecular weight excluding hydrogens is 330 g/mol. The Morgan fingerprint density at radius 2 is 2.12 bits per heavy atom. The fourth-order valence-corrected chi connectivity index (χ4v) is 3.86. The highest BCUT2D eigenvalue weighted by molar-refractivity contribution is 5.79. The number of amides is 1. The number of morpholine rings is 1. The molecule has 26 heavy (non-hydrogen) atoms. The number of carbonyl (C=O) groups excluding carboxylic acids is 1. The maximum absolute atomic E-state index is 12.3. The molecule has 2 aromatic heterocycles. The van der Waals surface area contributed by atoms with Gasteiger partial charge in [-0.1, -0.05) is 6.07 Å². The van der Waals surface area contributed by atoms with E-state index in [-0.39, 0.29) is 11.9 Å². The second-order valence-corrected chi connectivity index (χ2v) is 7.19. The number of aryl methyl sites for hydroxylation is 1. The van der Waals surface area contributed by atoms with Gasteiger partial charge < -0.3 is 19.4 Å². The zero-order valence-corrected chi connectivity index (χ0v) is 15.4. The summed E-state index contributed by atoms with van der Waals surface area (Å²) in [6, 6.07) is 6.34. The zero-order chi connectivity index (χ0) is 17.9. The number of imidazole rings is 1. The van der Waals surface area contributed by atoms with Crippen LogP contribution in [-0.2, 0) is 16.1 Å². The molecule has 1 N–H and O–H groups in total. The molecule has 0 aliphatic carbocycles. The van der Waals surface area contributed by atoms with Crippen LogP contribution in [0.25, 0.3) is 5.65 Å². The van der Waals surface area contributed by atoms with Crippen molar-refractivity contribution in [2.75, 3.05) is 45.9 Å². The maximum Gasteiger partial charge on any atom is 0.224 e. The summed E-state index contributed by atoms with van der Waals surface area (Å²) >= 11 is 0. The lowest BCUT2D eigenvalue weighted by Crippen LogP contribution is -2.42. The number of hydrogen-bond donors (Lipinski definition) is 1. The molecule has 4 rings (SSSR count). The Hall–Kier alpha value is -1.96. The van der Waals surface area contributed by atoms with E-state index in [1.165, 1.54) is 5.69 Å². The molecule has 0 spiro atoms. The van der Waals surface area contributed by atoms with Crippen LogP contribution in [0.2, 0.25) is 0 Å². The Kier molecular flexibility index (Phi) is 5.19. The molecule has 0 saturated carbocycles. The lowest BCUT2D eigenvalue weighted by molar-refractivity contribution is -0.128. The summed E-state index contributed by atoms with van der Waals surface area (Å²) in [5.74, 6) is 0.255. The number of hydrogen-bond acceptors (Lipinski definition) is 5. The summed E-state index contributed by atoms with van der Waals surface area (Å²) < 4.78 is 7.54. The van der Waals surface area contributed by atoms with Crippen LogP contribution < -0.4 is 5.32 Å². The summed E-state index contributed by atoms with van der Waals surface area (Å²) in [4.78, 5) is 21.1. The number of nitrogens with one attached hydrogen (secondary N) is 1. The molecule has 1 atom stereocenters. The van der Waals surface area contributed by atoms with Gasteiger partial charge >= 0.3 is 0 Å². The second-order valence-electron chi connectivity index (χ2n) is 7.19. The van der Waals surface area contributed by atoms with Gasteiger partial charge in [-0.15, -0.1) is 0 Å². The van der Waals surface area contributed by atoms with Gasteiger partial charge in [-0.3, -0.25) is 9.69 Å². The third kappa shape index (κ3) is 3.75. The highest BCUT2D eigenvalue weighted by Crippen LogP contribution is 2.14. The van der Waals surface area contributed by atoms with Gasteiger partial charge in [0.25, 0.3) is 0 Å². The highest BCUT2D eigenvalue weighted by Gasteiger charge is 2.29. The lowest BCUT2D eigenvalue weighted by atomic mass is 10.2. The van der Waals surface area contributed by atoms with Crippen molar-refractivity contribution in [3.8, 4) is 0 Å². The number of fused-ring (bicyclic) bond motifs is 1. The maximum atomic E-state index is 12.3. The molecular formula is C19H27N5O2. The molecule has 7 nitrogen and oxygen atoms in total. The topological polar surface area (TPSA) is 62.1 Å². The standard InChI is InChI=1S/C19H27N5O2/c1-15-3-2-4-18-21-13-17(24(15)18)12-20-16-11-19(25)23(14-16)6-5-22-7-9-26-10-8-22/h2-4,13,16,20H,5-12,14H2,1H3. The number of ether oxygens (including phenoxy) is 1. The fraction of sp³-hybridized carbons (Fsp3) is 0.579. The van der Waals surface area contributed by atoms with Gasteiger partial charge in [-0.05, 0) is 19.1 Å². The van der Waals surface area contributed by atoms with E-state index in [1.807, 2.05) is 23.2 Å². The highest BCUT2D eigenvalue weighted by atomic mass is 16.5. The predicted molar refractivity (Wildman–Crippen MR) is 99.0 cm³/mol. The van der Waals surface area contributed by atoms with Crippen LogP contribution in [0.3, 0.4) is 0 Å². The van der Waals surface area contributed by atoms with Crippen molar-refractivity contribution >= 4 is 11.6 Å². The Balaban J connectivity index is 1.29. The minimum Gasteiger partial charge on any atom is -0.379 e. The molecule has 2 aromatic rings. The number of carbonyl (C=O) groups is 1. The third-order valence-corrected chi connectivity index (χ3v) is 5.37. The minimum atomic E-state index is 0.210. The van der Waals surface area contributed by atoms with Crippen LogP contribution in [0.15, 0.2) is 24.4 Å². The lowest BCUT2D eigenvalue weighted by Gasteiger charge is -2.28. The number of nitrogens with zero attached hydrogens (tertiary/aromatic N) is 4. The van der Waals surface area contributed by atoms with Gasteiger partial charge in [0.1, 0.15) is 5.65 Å². The van der Waals surface area contributed by atoms with Crippen molar-refractivity contribution in [3.05, 3.63) is 35.8 Å². The first-order valence-electron chi connectivity index (χ1n) is 9.44. The van der Waals surface area contributed by atoms with E-state index < -0.39 is 0 Å². The molecule has 2 saturated heterocycles. The minimum absolute atomic E-state index is 0.210. The average molecular weight is 357 g/mol. The van der Waals surface area contributed by atoms with E-state index >= 15 is 0 Å². The van der Waals surface area contributed by atoms with Gasteiger partial charge in [-0.25, -0.2) is 4.98 Å². The van der Waals surface area contributed by atoms with Crippen molar-refractivity contribution in [1.82, 2.24) is 24.5 Å². The van der Waals surface area contributed by atoms with Crippen LogP contribution in [0, 0.1) is 6.92 Å². The van der Waals surface area contributed by atoms with Gasteiger partial charge in [0.15, 0.2) is 0 Å². The molecule has 0 radical (unpaired) electrons. The van der Waals surface area contributed by atoms with Crippen molar-refractivity contribution in [2.24, 2.45) is 0 Å². The van der Waals surface area contributed by atoms with E-state index in [0.29, 0.717) is 6.42 Å². The Bertz CT molecular complexity index is 768. The van der Waals surface area contributed by atoms with Crippen LogP contribution in [-0.4, -0.2) is 77.1 Å². The molecule has 2 aliphatic heterocycles. The summed E-state index contributed by atoms with van der Waals surface area (Å²) in [5, 5.41) is 3.54. The van der Waals surface area contributed by atoms with Gasteiger partial charge in [0.2, 0.25) is 5.91 Å². The first-order valence-corrected chi connectivity index (χ1v) is 9.44. The van der Waals surface area contributed by atoms with Gasteiger partial charge in [-0.2, -0.15) is 0 Å². The van der Waals surface area contributed by atoms with Crippen molar-refractivity contribution < 1.29 is 9.53 Å². The quantitative estimate of drug-likeness (QED) is 0.823. The van der Waals surface area contributed by atoms with Crippen LogP contribution in [0.5, 0.6) is 0 Å². The number of rotatable bonds is 6. The molecule has 140 valence electrons. The largest absolute Gasteiger partial charge is 0.379 e. The first kappa shape index (κ1) is 17.5. The molecule has 1 unspecified atom stereocenters. The number of likely N-dealkylation sites (tertiary alicyclic amines) is 1. The van der Waals surface area contributed by atoms with Crippen LogP contribution in [0.1, 0.15) is 17.8 Å². The van der Waals surface area contributed by atoms with Gasteiger partial charge in [0, 0.05) is 57.4 Å². The van der Waals surface area contributed by atoms with E-state index in [1.54, 1.807) is 0 Å². The van der Waals surface area contributed by atoms with Crippen LogP contribution in [0.4, 0.5) is 0 Å². The smallest absolute Gasteiger partial charge is 0.224 e. The molecule has 2 fully saturated rings. The third-order valence-electron chi connectivity index (χ3n) is 5.37. The molecule has 4 heterocycles. The number of pyridine rings is 1. The summed E-state index contributed by atoms with van der Waals surface area (Å²) in [6.07, 6.45) is 2.50. The van der Waals surface area contributed by atoms with Crippen molar-refractivity contribution in [1.29, 1.82) is 0 Å². The van der Waals surface area contributed by atoms with Crippen LogP contribution >= 0.6 is 0 Å². The average Bonchev–Trinajstić information content (AvgIpc) is 3.23. The molecule has 1 amide bonds. The molecule has 7 heteroatoms. The van der Waals surface area contributed by atoms with E-state index in [9.17, 15) is 4.79 Å². The molecule has 0 aromatic carbocycles. The number of aromatic nitrogens is 2. The second kappa shape index (κ2) is 7.73. The van der Waals surface area contributed by atoms with E-state index in [2.05, 4.69) is 32.6 Å². The van der Waals surface area contributed by atoms with E-state index in [4.69, 9.17) is 4.74 Å². The zero-order valence-electron chi connectivity index (χ0n) is 15.4.